The number of nitrogens with one attached hydrogen (secondary N) is 1. The fraction of sp³-hybridized carbons (Fsp3) is 0.364. The first kappa shape index (κ1) is 70.8. The van der Waals surface area contributed by atoms with Crippen molar-refractivity contribution in [3.05, 3.63) is 190 Å². The molecule has 0 saturated heterocycles. The molecule has 0 fully saturated rings. The van der Waals surface area contributed by atoms with Crippen molar-refractivity contribution in [3.8, 4) is 17.2 Å². The van der Waals surface area contributed by atoms with Gasteiger partial charge in [-0.05, 0) is 106 Å². The molecule has 0 aliphatic carbocycles. The lowest BCUT2D eigenvalue weighted by molar-refractivity contribution is 0.0280. The first-order valence-electron chi connectivity index (χ1n) is 27.7. The Kier molecular flexibility index (Phi) is 38.4. The van der Waals surface area contributed by atoms with E-state index in [9.17, 15) is 17.2 Å². The smallest absolute Gasteiger partial charge is 0.264 e. The minimum absolute atomic E-state index is 0. The molecule has 6 aromatic rings. The van der Waals surface area contributed by atoms with Gasteiger partial charge in [-0.2, -0.15) is 8.42 Å². The van der Waals surface area contributed by atoms with Gasteiger partial charge in [0, 0.05) is 12.7 Å². The number of halogens is 3. The van der Waals surface area contributed by atoms with Gasteiger partial charge in [0.1, 0.15) is 50.4 Å². The van der Waals surface area contributed by atoms with Crippen molar-refractivity contribution in [2.24, 2.45) is 0 Å². The fourth-order valence-corrected chi connectivity index (χ4v) is 7.44. The minimum atomic E-state index is -3.41. The second kappa shape index (κ2) is 45.1. The van der Waals surface area contributed by atoms with Crippen molar-refractivity contribution >= 4 is 64.7 Å². The van der Waals surface area contributed by atoms with Crippen LogP contribution in [-0.4, -0.2) is 141 Å². The molecule has 0 spiro atoms. The van der Waals surface area contributed by atoms with Crippen molar-refractivity contribution in [2.75, 3.05) is 138 Å². The monoisotopic (exact) mass is 1190 g/mol. The van der Waals surface area contributed by atoms with E-state index < -0.39 is 23.5 Å². The van der Waals surface area contributed by atoms with Gasteiger partial charge < -0.3 is 47.9 Å². The molecule has 0 radical (unpaired) electrons. The second-order valence-electron chi connectivity index (χ2n) is 17.9. The summed E-state index contributed by atoms with van der Waals surface area (Å²) in [6.07, 6.45) is 15.6. The molecule has 0 aliphatic heterocycles. The lowest BCUT2D eigenvalue weighted by Crippen LogP contribution is -2.14. The first-order chi connectivity index (χ1) is 40.1. The molecule has 0 bridgehead atoms. The lowest BCUT2D eigenvalue weighted by Gasteiger charge is -2.08. The molecular weight excluding hydrogens is 1100 g/mol. The van der Waals surface area contributed by atoms with Crippen LogP contribution in [0.5, 0.6) is 17.2 Å². The van der Waals surface area contributed by atoms with Crippen molar-refractivity contribution < 1.29 is 64.0 Å². The van der Waals surface area contributed by atoms with E-state index in [4.69, 9.17) is 42.6 Å². The van der Waals surface area contributed by atoms with Gasteiger partial charge in [0.05, 0.1) is 92.1 Å². The molecule has 0 amide bonds. The van der Waals surface area contributed by atoms with Crippen LogP contribution >= 0.6 is 12.4 Å². The first-order valence-corrected chi connectivity index (χ1v) is 29.5. The van der Waals surface area contributed by atoms with Gasteiger partial charge in [-0.15, -0.1) is 12.4 Å². The number of anilines is 1. The highest BCUT2D eigenvalue weighted by molar-refractivity contribution is 7.85. The maximum Gasteiger partial charge on any atom is 0.264 e. The van der Waals surface area contributed by atoms with Gasteiger partial charge in [0.2, 0.25) is 0 Å². The van der Waals surface area contributed by atoms with E-state index in [0.717, 1.165) is 64.3 Å². The minimum Gasteiger partial charge on any atom is -0.491 e. The van der Waals surface area contributed by atoms with Gasteiger partial charge in [0.15, 0.2) is 0 Å². The summed E-state index contributed by atoms with van der Waals surface area (Å²) < 4.78 is 97.9. The SMILES string of the molecule is CCc1ccc(/C=C/c2ccc(OCCOCCOCCOS(C)(=O)=O)cc2)cc1.CCc1ccc(/C=C/c2ccc(OCCOCCOCC[18F])cc2)cc1.CNc1ccc(/C=C/c2ccc(OCCOCCOCC[18F])cc2)cc1.Cl. The highest BCUT2D eigenvalue weighted by atomic mass is 35.5. The van der Waals surface area contributed by atoms with Gasteiger partial charge in [-0.3, -0.25) is 4.18 Å². The van der Waals surface area contributed by atoms with Gasteiger partial charge in [0.25, 0.3) is 10.1 Å². The summed E-state index contributed by atoms with van der Waals surface area (Å²) >= 11 is 0. The number of rotatable bonds is 38. The van der Waals surface area contributed by atoms with Crippen LogP contribution in [0.1, 0.15) is 58.4 Å². The van der Waals surface area contributed by atoms with Gasteiger partial charge in [-0.25, -0.2) is 8.78 Å². The zero-order valence-corrected chi connectivity index (χ0v) is 50.1. The van der Waals surface area contributed by atoms with E-state index in [1.807, 2.05) is 92.0 Å². The Bertz CT molecular complexity index is 2630. The zero-order chi connectivity index (χ0) is 58.6. The molecule has 0 heterocycles. The van der Waals surface area contributed by atoms with Gasteiger partial charge >= 0.3 is 0 Å². The molecule has 6 aromatic carbocycles. The standard InChI is InChI=1S/C23H30O6S.C22H27FO3.C21H26FNO3.ClH/c1-3-20-4-6-21(7-5-20)8-9-22-10-12-23(13-11-22)28-18-16-26-14-15-27-17-19-29-30(2,24)25;1-2-19-3-5-20(6-4-19)7-8-21-9-11-22(12-10-21)26-18-17-25-16-15-24-14-13-23;1-23-20-8-4-18(5-9-20)2-3-19-6-10-21(11-7-19)26-17-16-25-15-14-24-13-12-22;/h4-13H,3,14-19H2,1-2H3;3-12H,2,13-18H2,1H3;2-11,23H,12-17H2,1H3;1H/b9-8+;8-7+;3-2+;/i;23-1;22-1;. The van der Waals surface area contributed by atoms with Crippen LogP contribution in [0, 0.1) is 0 Å². The molecule has 0 saturated carbocycles. The third-order valence-corrected chi connectivity index (χ3v) is 12.2. The van der Waals surface area contributed by atoms with Crippen molar-refractivity contribution in [1.82, 2.24) is 0 Å². The highest BCUT2D eigenvalue weighted by Crippen LogP contribution is 2.19. The number of hydrogen-bond donors (Lipinski definition) is 1. The molecule has 0 atom stereocenters. The van der Waals surface area contributed by atoms with Crippen LogP contribution in [0.25, 0.3) is 36.5 Å². The summed E-state index contributed by atoms with van der Waals surface area (Å²) in [5, 5.41) is 3.10. The predicted octanol–water partition coefficient (Wildman–Crippen LogP) is 13.3. The van der Waals surface area contributed by atoms with E-state index in [0.29, 0.717) is 79.3 Å². The molecule has 6 rings (SSSR count). The largest absolute Gasteiger partial charge is 0.491 e. The third kappa shape index (κ3) is 34.7. The van der Waals surface area contributed by atoms with Crippen LogP contribution in [-0.2, 0) is 55.6 Å². The Labute approximate surface area is 498 Å². The summed E-state index contributed by atoms with van der Waals surface area (Å²) in [6.45, 7) is 9.13. The Hall–Kier alpha value is -6.44. The maximum absolute atomic E-state index is 11.8. The molecule has 1 N–H and O–H groups in total. The Morgan fingerprint density at radius 3 is 0.855 bits per heavy atom. The number of alkyl halides is 2. The van der Waals surface area contributed by atoms with Crippen molar-refractivity contribution in [1.29, 1.82) is 0 Å². The molecule has 83 heavy (non-hydrogen) atoms. The van der Waals surface area contributed by atoms with Crippen molar-refractivity contribution in [3.63, 3.8) is 0 Å². The normalized spacial score (nSPS) is 11.2. The Balaban J connectivity index is 0.000000326. The number of aryl methyl sites for hydroxylation is 2. The van der Waals surface area contributed by atoms with E-state index >= 15 is 0 Å². The van der Waals surface area contributed by atoms with Crippen LogP contribution < -0.4 is 19.5 Å². The molecular formula is C66H84ClF2NO12S. The van der Waals surface area contributed by atoms with E-state index in [1.54, 1.807) is 0 Å². The second-order valence-corrected chi connectivity index (χ2v) is 19.5. The molecule has 0 aliphatic rings. The van der Waals surface area contributed by atoms with Crippen LogP contribution in [0.4, 0.5) is 14.5 Å². The third-order valence-electron chi connectivity index (χ3n) is 11.6. The average molecular weight is 1190 g/mol. The van der Waals surface area contributed by atoms with Gasteiger partial charge in [-0.1, -0.05) is 147 Å². The number of hydrogen-bond acceptors (Lipinski definition) is 13. The van der Waals surface area contributed by atoms with Crippen LogP contribution in [0.3, 0.4) is 0 Å². The summed E-state index contributed by atoms with van der Waals surface area (Å²) in [4.78, 5) is 0. The fourth-order valence-electron chi connectivity index (χ4n) is 7.07. The predicted molar refractivity (Wildman–Crippen MR) is 335 cm³/mol. The summed E-state index contributed by atoms with van der Waals surface area (Å²) in [5.74, 6) is 2.40. The molecule has 452 valence electrons. The summed E-state index contributed by atoms with van der Waals surface area (Å²) in [7, 11) is -1.50. The quantitative estimate of drug-likeness (QED) is 0.0224. The van der Waals surface area contributed by atoms with Crippen LogP contribution in [0.2, 0.25) is 0 Å². The van der Waals surface area contributed by atoms with E-state index in [-0.39, 0.29) is 38.8 Å². The topological polar surface area (TPSA) is 138 Å². The van der Waals surface area contributed by atoms with E-state index in [1.165, 1.54) is 22.3 Å². The lowest BCUT2D eigenvalue weighted by atomic mass is 10.1. The molecule has 0 aromatic heterocycles. The summed E-state index contributed by atoms with van der Waals surface area (Å²) in [6, 6.07) is 49.1. The highest BCUT2D eigenvalue weighted by Gasteiger charge is 2.02. The van der Waals surface area contributed by atoms with E-state index in [2.05, 4.69) is 120 Å². The Morgan fingerprint density at radius 1 is 0.361 bits per heavy atom. The summed E-state index contributed by atoms with van der Waals surface area (Å²) in [5.41, 5.74) is 10.6. The molecule has 13 nitrogen and oxygen atoms in total. The molecule has 0 unspecified atom stereocenters. The average Bonchev–Trinajstić information content (AvgIpc) is 3.51. The number of benzene rings is 6. The Morgan fingerprint density at radius 2 is 0.602 bits per heavy atom. The zero-order valence-electron chi connectivity index (χ0n) is 48.4. The van der Waals surface area contributed by atoms with Crippen LogP contribution in [0.15, 0.2) is 146 Å². The molecule has 17 heteroatoms. The van der Waals surface area contributed by atoms with Crippen molar-refractivity contribution in [2.45, 2.75) is 26.7 Å². The maximum atomic E-state index is 11.8. The number of ether oxygens (including phenoxy) is 9.